The zero-order chi connectivity index (χ0) is 12.5. The molecule has 1 atom stereocenters. The Morgan fingerprint density at radius 3 is 2.83 bits per heavy atom. The largest absolute Gasteiger partial charge is 0.320 e. The molecule has 90 valence electrons. The van der Waals surface area contributed by atoms with Gasteiger partial charge in [0.05, 0.1) is 6.04 Å². The average Bonchev–Trinajstić information content (AvgIpc) is 2.83. The predicted octanol–water partition coefficient (Wildman–Crippen LogP) is 3.65. The van der Waals surface area contributed by atoms with Gasteiger partial charge in [0, 0.05) is 17.8 Å². The highest BCUT2D eigenvalue weighted by Crippen LogP contribution is 2.30. The Bertz CT molecular complexity index is 682. The molecule has 0 aliphatic heterocycles. The standard InChI is InChI=1S/C15H14N2S/c1-10-8-18-9-14(10)15(16)13-4-2-3-11-7-17-6-5-12(11)13/h2-9,15H,16H2,1H3. The second-order valence-electron chi connectivity index (χ2n) is 4.43. The van der Waals surface area contributed by atoms with Crippen molar-refractivity contribution in [2.45, 2.75) is 13.0 Å². The van der Waals surface area contributed by atoms with Gasteiger partial charge in [0.15, 0.2) is 0 Å². The molecule has 2 N–H and O–H groups in total. The summed E-state index contributed by atoms with van der Waals surface area (Å²) in [6.07, 6.45) is 3.70. The van der Waals surface area contributed by atoms with Crippen molar-refractivity contribution in [3.8, 4) is 0 Å². The number of pyridine rings is 1. The van der Waals surface area contributed by atoms with Gasteiger partial charge in [-0.05, 0) is 45.8 Å². The lowest BCUT2D eigenvalue weighted by atomic mass is 9.95. The van der Waals surface area contributed by atoms with E-state index in [9.17, 15) is 0 Å². The van der Waals surface area contributed by atoms with Gasteiger partial charge >= 0.3 is 0 Å². The smallest absolute Gasteiger partial charge is 0.0568 e. The molecular weight excluding hydrogens is 240 g/mol. The van der Waals surface area contributed by atoms with Crippen molar-refractivity contribution in [2.75, 3.05) is 0 Å². The van der Waals surface area contributed by atoms with Crippen molar-refractivity contribution in [1.82, 2.24) is 4.98 Å². The number of benzene rings is 1. The molecule has 1 unspecified atom stereocenters. The van der Waals surface area contributed by atoms with Crippen molar-refractivity contribution < 1.29 is 0 Å². The molecule has 1 aromatic carbocycles. The van der Waals surface area contributed by atoms with E-state index in [0.717, 1.165) is 10.9 Å². The summed E-state index contributed by atoms with van der Waals surface area (Å²) in [7, 11) is 0. The fourth-order valence-corrected chi connectivity index (χ4v) is 3.16. The van der Waals surface area contributed by atoms with E-state index in [0.29, 0.717) is 0 Å². The molecule has 0 bridgehead atoms. The maximum Gasteiger partial charge on any atom is 0.0568 e. The zero-order valence-electron chi connectivity index (χ0n) is 10.1. The van der Waals surface area contributed by atoms with E-state index in [-0.39, 0.29) is 6.04 Å². The summed E-state index contributed by atoms with van der Waals surface area (Å²) in [5, 5.41) is 6.60. The van der Waals surface area contributed by atoms with Crippen LogP contribution in [-0.4, -0.2) is 4.98 Å². The average molecular weight is 254 g/mol. The molecule has 18 heavy (non-hydrogen) atoms. The lowest BCUT2D eigenvalue weighted by Gasteiger charge is -2.14. The highest BCUT2D eigenvalue weighted by molar-refractivity contribution is 7.08. The van der Waals surface area contributed by atoms with Crippen LogP contribution in [0.1, 0.15) is 22.7 Å². The first-order valence-corrected chi connectivity index (χ1v) is 6.82. The monoisotopic (exact) mass is 254 g/mol. The van der Waals surface area contributed by atoms with Crippen LogP contribution in [-0.2, 0) is 0 Å². The van der Waals surface area contributed by atoms with Crippen LogP contribution in [0.5, 0.6) is 0 Å². The minimum absolute atomic E-state index is 0.0673. The minimum Gasteiger partial charge on any atom is -0.320 e. The van der Waals surface area contributed by atoms with Crippen LogP contribution in [0, 0.1) is 6.92 Å². The van der Waals surface area contributed by atoms with Crippen molar-refractivity contribution >= 4 is 22.1 Å². The van der Waals surface area contributed by atoms with Crippen LogP contribution in [0.2, 0.25) is 0 Å². The van der Waals surface area contributed by atoms with Gasteiger partial charge in [-0.2, -0.15) is 11.3 Å². The predicted molar refractivity (Wildman–Crippen MR) is 76.8 cm³/mol. The molecule has 2 aromatic heterocycles. The number of hydrogen-bond donors (Lipinski definition) is 1. The molecule has 0 fully saturated rings. The Morgan fingerprint density at radius 2 is 2.06 bits per heavy atom. The maximum absolute atomic E-state index is 6.41. The van der Waals surface area contributed by atoms with Gasteiger partial charge in [0.1, 0.15) is 0 Å². The first-order valence-electron chi connectivity index (χ1n) is 5.88. The van der Waals surface area contributed by atoms with E-state index in [1.54, 1.807) is 11.3 Å². The maximum atomic E-state index is 6.41. The van der Waals surface area contributed by atoms with E-state index >= 15 is 0 Å². The molecule has 0 saturated carbocycles. The van der Waals surface area contributed by atoms with Gasteiger partial charge < -0.3 is 5.73 Å². The molecule has 3 aromatic rings. The molecule has 0 spiro atoms. The van der Waals surface area contributed by atoms with Gasteiger partial charge in [-0.1, -0.05) is 18.2 Å². The minimum atomic E-state index is -0.0673. The van der Waals surface area contributed by atoms with Crippen LogP contribution in [0.4, 0.5) is 0 Å². The Hall–Kier alpha value is -1.71. The molecule has 0 radical (unpaired) electrons. The van der Waals surface area contributed by atoms with E-state index < -0.39 is 0 Å². The summed E-state index contributed by atoms with van der Waals surface area (Å²) in [6.45, 7) is 2.11. The second kappa shape index (κ2) is 4.52. The second-order valence-corrected chi connectivity index (χ2v) is 5.18. The highest BCUT2D eigenvalue weighted by atomic mass is 32.1. The molecular formula is C15H14N2S. The molecule has 0 aliphatic rings. The number of aryl methyl sites for hydroxylation is 1. The SMILES string of the molecule is Cc1cscc1C(N)c1cccc2cnccc12. The molecule has 3 rings (SSSR count). The van der Waals surface area contributed by atoms with Gasteiger partial charge in [-0.3, -0.25) is 4.98 Å². The summed E-state index contributed by atoms with van der Waals surface area (Å²) >= 11 is 1.70. The van der Waals surface area contributed by atoms with Crippen LogP contribution in [0.15, 0.2) is 47.4 Å². The molecule has 2 heterocycles. The molecule has 0 amide bonds. The molecule has 2 nitrogen and oxygen atoms in total. The third-order valence-electron chi connectivity index (χ3n) is 3.28. The van der Waals surface area contributed by atoms with Gasteiger partial charge in [0.25, 0.3) is 0 Å². The van der Waals surface area contributed by atoms with Crippen LogP contribution < -0.4 is 5.73 Å². The van der Waals surface area contributed by atoms with E-state index in [4.69, 9.17) is 5.73 Å². The van der Waals surface area contributed by atoms with Crippen molar-refractivity contribution in [1.29, 1.82) is 0 Å². The fraction of sp³-hybridized carbons (Fsp3) is 0.133. The number of fused-ring (bicyclic) bond motifs is 1. The van der Waals surface area contributed by atoms with Crippen molar-refractivity contribution in [3.05, 3.63) is 64.1 Å². The number of rotatable bonds is 2. The van der Waals surface area contributed by atoms with Gasteiger partial charge in [0.2, 0.25) is 0 Å². The third kappa shape index (κ3) is 1.82. The fourth-order valence-electron chi connectivity index (χ4n) is 2.28. The van der Waals surface area contributed by atoms with Crippen LogP contribution in [0.3, 0.4) is 0 Å². The quantitative estimate of drug-likeness (QED) is 0.758. The van der Waals surface area contributed by atoms with Crippen molar-refractivity contribution in [2.24, 2.45) is 5.73 Å². The molecule has 3 heteroatoms. The molecule has 0 aliphatic carbocycles. The zero-order valence-corrected chi connectivity index (χ0v) is 10.9. The third-order valence-corrected chi connectivity index (χ3v) is 4.16. The summed E-state index contributed by atoms with van der Waals surface area (Å²) < 4.78 is 0. The number of hydrogen-bond acceptors (Lipinski definition) is 3. The normalized spacial score (nSPS) is 12.8. The van der Waals surface area contributed by atoms with Gasteiger partial charge in [-0.25, -0.2) is 0 Å². The van der Waals surface area contributed by atoms with Crippen molar-refractivity contribution in [3.63, 3.8) is 0 Å². The Balaban J connectivity index is 2.18. The summed E-state index contributed by atoms with van der Waals surface area (Å²) in [4.78, 5) is 4.15. The Labute approximate surface area is 110 Å². The number of nitrogens with two attached hydrogens (primary N) is 1. The lowest BCUT2D eigenvalue weighted by Crippen LogP contribution is -2.12. The number of thiophene rings is 1. The number of nitrogens with zero attached hydrogens (tertiary/aromatic N) is 1. The highest BCUT2D eigenvalue weighted by Gasteiger charge is 2.14. The first-order chi connectivity index (χ1) is 8.77. The molecule has 0 saturated heterocycles. The summed E-state index contributed by atoms with van der Waals surface area (Å²) in [5.41, 5.74) is 10.1. The topological polar surface area (TPSA) is 38.9 Å². The summed E-state index contributed by atoms with van der Waals surface area (Å²) in [5.74, 6) is 0. The van der Waals surface area contributed by atoms with E-state index in [1.807, 2.05) is 24.5 Å². The van der Waals surface area contributed by atoms with Gasteiger partial charge in [-0.15, -0.1) is 0 Å². The van der Waals surface area contributed by atoms with Crippen LogP contribution >= 0.6 is 11.3 Å². The van der Waals surface area contributed by atoms with Crippen LogP contribution in [0.25, 0.3) is 10.8 Å². The first kappa shape index (κ1) is 11.4. The number of aromatic nitrogens is 1. The van der Waals surface area contributed by atoms with E-state index in [2.05, 4.69) is 34.8 Å². The lowest BCUT2D eigenvalue weighted by molar-refractivity contribution is 0.877. The summed E-state index contributed by atoms with van der Waals surface area (Å²) in [6, 6.07) is 8.18. The Morgan fingerprint density at radius 1 is 1.17 bits per heavy atom. The van der Waals surface area contributed by atoms with E-state index in [1.165, 1.54) is 16.5 Å². The Kier molecular flexibility index (Phi) is 2.86.